The third-order valence-corrected chi connectivity index (χ3v) is 6.71. The highest BCUT2D eigenvalue weighted by Gasteiger charge is 2.27. The zero-order chi connectivity index (χ0) is 18.8. The molecule has 5 heteroatoms. The predicted octanol–water partition coefficient (Wildman–Crippen LogP) is 3.31. The molecule has 2 aromatic carbocycles. The Bertz CT molecular complexity index is 904. The van der Waals surface area contributed by atoms with Gasteiger partial charge in [-0.3, -0.25) is 4.79 Å². The molecule has 0 atom stereocenters. The maximum atomic E-state index is 12.5. The average molecular weight is 381 g/mol. The van der Waals surface area contributed by atoms with Crippen LogP contribution in [-0.4, -0.2) is 30.5 Å². The van der Waals surface area contributed by atoms with Gasteiger partial charge in [0.2, 0.25) is 0 Å². The van der Waals surface area contributed by atoms with Gasteiger partial charge < -0.3 is 10.2 Å². The highest BCUT2D eigenvalue weighted by atomic mass is 32.1. The molecule has 0 radical (unpaired) electrons. The van der Waals surface area contributed by atoms with Crippen LogP contribution in [0.5, 0.6) is 0 Å². The second-order valence-corrected chi connectivity index (χ2v) is 8.60. The van der Waals surface area contributed by atoms with Gasteiger partial charge in [0.1, 0.15) is 0 Å². The largest absolute Gasteiger partial charge is 0.327 e. The summed E-state index contributed by atoms with van der Waals surface area (Å²) in [6.07, 6.45) is 2.21. The number of likely N-dealkylation sites (tertiary alicyclic amines) is 1. The number of anilines is 1. The van der Waals surface area contributed by atoms with E-state index in [-0.39, 0.29) is 5.91 Å². The molecule has 1 fully saturated rings. The van der Waals surface area contributed by atoms with Gasteiger partial charge in [-0.05, 0) is 37.1 Å². The van der Waals surface area contributed by atoms with E-state index in [9.17, 15) is 4.79 Å². The van der Waals surface area contributed by atoms with Crippen LogP contribution in [0.3, 0.4) is 0 Å². The minimum atomic E-state index is 0.112. The molecule has 2 heterocycles. The molecule has 140 valence electrons. The molecule has 0 bridgehead atoms. The van der Waals surface area contributed by atoms with E-state index in [2.05, 4.69) is 23.5 Å². The van der Waals surface area contributed by atoms with Crippen LogP contribution in [0.2, 0.25) is 0 Å². The topological polar surface area (TPSA) is 46.4 Å². The Kier molecular flexibility index (Phi) is 5.23. The molecule has 0 aliphatic carbocycles. The van der Waals surface area contributed by atoms with Gasteiger partial charge in [-0.25, -0.2) is 4.98 Å². The number of aryl methyl sites for hydroxylation is 2. The summed E-state index contributed by atoms with van der Waals surface area (Å²) in [6.45, 7) is 6.68. The van der Waals surface area contributed by atoms with Crippen LogP contribution in [0.25, 0.3) is 10.2 Å². The van der Waals surface area contributed by atoms with Gasteiger partial charge in [0.05, 0.1) is 28.3 Å². The van der Waals surface area contributed by atoms with Crippen molar-refractivity contribution in [2.45, 2.75) is 32.6 Å². The first-order valence-electron chi connectivity index (χ1n) is 9.65. The van der Waals surface area contributed by atoms with E-state index >= 15 is 0 Å². The van der Waals surface area contributed by atoms with Crippen molar-refractivity contribution >= 4 is 33.1 Å². The molecular formula is C22H26N3OS+. The number of thiazole rings is 1. The van der Waals surface area contributed by atoms with Crippen molar-refractivity contribution in [1.29, 1.82) is 0 Å². The number of hydrogen-bond donors (Lipinski definition) is 2. The lowest BCUT2D eigenvalue weighted by molar-refractivity contribution is -0.897. The molecule has 4 rings (SSSR count). The Balaban J connectivity index is 1.33. The lowest BCUT2D eigenvalue weighted by Gasteiger charge is -2.28. The molecule has 1 saturated heterocycles. The zero-order valence-corrected chi connectivity index (χ0v) is 16.7. The van der Waals surface area contributed by atoms with Crippen LogP contribution >= 0.6 is 11.3 Å². The highest BCUT2D eigenvalue weighted by molar-refractivity contribution is 7.18. The van der Waals surface area contributed by atoms with Crippen LogP contribution in [0.4, 0.5) is 5.69 Å². The quantitative estimate of drug-likeness (QED) is 0.729. The molecule has 4 nitrogen and oxygen atoms in total. The van der Waals surface area contributed by atoms with Crippen molar-refractivity contribution in [2.75, 3.05) is 25.0 Å². The molecule has 0 saturated carbocycles. The SMILES string of the molecule is Cc1cccc(C)c1NC(=O)C[NH+]1CCC(c2nc3ccccc3s2)CC1. The molecule has 1 aromatic heterocycles. The van der Waals surface area contributed by atoms with Crippen molar-refractivity contribution in [3.63, 3.8) is 0 Å². The Morgan fingerprint density at radius 3 is 2.52 bits per heavy atom. The van der Waals surface area contributed by atoms with E-state index in [1.807, 2.05) is 49.4 Å². The second-order valence-electron chi connectivity index (χ2n) is 7.54. The van der Waals surface area contributed by atoms with E-state index in [1.54, 1.807) is 0 Å². The summed E-state index contributed by atoms with van der Waals surface area (Å²) in [7, 11) is 0. The summed E-state index contributed by atoms with van der Waals surface area (Å²) >= 11 is 1.82. The first-order chi connectivity index (χ1) is 13.1. The third kappa shape index (κ3) is 4.04. The number of aromatic nitrogens is 1. The normalized spacial score (nSPS) is 19.9. The van der Waals surface area contributed by atoms with Gasteiger partial charge >= 0.3 is 0 Å². The number of para-hydroxylation sites is 2. The molecule has 1 aliphatic rings. The van der Waals surface area contributed by atoms with Crippen molar-refractivity contribution in [3.05, 3.63) is 58.6 Å². The smallest absolute Gasteiger partial charge is 0.279 e. The van der Waals surface area contributed by atoms with Gasteiger partial charge in [-0.15, -0.1) is 11.3 Å². The monoisotopic (exact) mass is 380 g/mol. The molecule has 3 aromatic rings. The standard InChI is InChI=1S/C22H25N3OS/c1-15-6-5-7-16(2)21(15)24-20(26)14-25-12-10-17(11-13-25)22-23-18-8-3-4-9-19(18)27-22/h3-9,17H,10-14H2,1-2H3,(H,24,26)/p+1. The number of quaternary nitrogens is 1. The summed E-state index contributed by atoms with van der Waals surface area (Å²) in [5.41, 5.74) is 4.31. The fourth-order valence-electron chi connectivity index (χ4n) is 3.94. The van der Waals surface area contributed by atoms with Crippen LogP contribution < -0.4 is 10.2 Å². The van der Waals surface area contributed by atoms with Crippen molar-refractivity contribution < 1.29 is 9.69 Å². The summed E-state index contributed by atoms with van der Waals surface area (Å²) in [4.78, 5) is 18.7. The Morgan fingerprint density at radius 2 is 1.81 bits per heavy atom. The fraction of sp³-hybridized carbons (Fsp3) is 0.364. The van der Waals surface area contributed by atoms with Crippen LogP contribution in [0.1, 0.15) is 34.9 Å². The van der Waals surface area contributed by atoms with E-state index < -0.39 is 0 Å². The second kappa shape index (κ2) is 7.79. The number of benzene rings is 2. The molecule has 0 unspecified atom stereocenters. The number of fused-ring (bicyclic) bond motifs is 1. The van der Waals surface area contributed by atoms with Crippen LogP contribution in [0.15, 0.2) is 42.5 Å². The molecule has 1 aliphatic heterocycles. The lowest BCUT2D eigenvalue weighted by Crippen LogP contribution is -3.14. The number of piperidine rings is 1. The molecule has 1 amide bonds. The van der Waals surface area contributed by atoms with E-state index in [4.69, 9.17) is 4.98 Å². The minimum absolute atomic E-state index is 0.112. The summed E-state index contributed by atoms with van der Waals surface area (Å²) in [5, 5.41) is 4.38. The zero-order valence-electron chi connectivity index (χ0n) is 15.9. The first kappa shape index (κ1) is 18.1. The van der Waals surface area contributed by atoms with Crippen molar-refractivity contribution in [3.8, 4) is 0 Å². The lowest BCUT2D eigenvalue weighted by atomic mass is 9.97. The Morgan fingerprint density at radius 1 is 1.11 bits per heavy atom. The molecular weight excluding hydrogens is 354 g/mol. The number of nitrogens with one attached hydrogen (secondary N) is 2. The maximum absolute atomic E-state index is 12.5. The van der Waals surface area contributed by atoms with Gasteiger partial charge in [-0.2, -0.15) is 0 Å². The van der Waals surface area contributed by atoms with E-state index in [1.165, 1.54) is 14.6 Å². The number of carbonyl (C=O) groups is 1. The first-order valence-corrected chi connectivity index (χ1v) is 10.5. The third-order valence-electron chi connectivity index (χ3n) is 5.51. The minimum Gasteiger partial charge on any atom is -0.327 e. The number of rotatable bonds is 4. The van der Waals surface area contributed by atoms with Crippen LogP contribution in [0, 0.1) is 13.8 Å². The number of nitrogens with zero attached hydrogens (tertiary/aromatic N) is 1. The van der Waals surface area contributed by atoms with Gasteiger partial charge in [0, 0.05) is 24.4 Å². The predicted molar refractivity (Wildman–Crippen MR) is 112 cm³/mol. The van der Waals surface area contributed by atoms with Crippen molar-refractivity contribution in [1.82, 2.24) is 4.98 Å². The maximum Gasteiger partial charge on any atom is 0.279 e. The van der Waals surface area contributed by atoms with Gasteiger partial charge in [-0.1, -0.05) is 30.3 Å². The Labute approximate surface area is 164 Å². The van der Waals surface area contributed by atoms with Gasteiger partial charge in [0.25, 0.3) is 5.91 Å². The van der Waals surface area contributed by atoms with Crippen LogP contribution in [-0.2, 0) is 4.79 Å². The van der Waals surface area contributed by atoms with Crippen molar-refractivity contribution in [2.24, 2.45) is 0 Å². The highest BCUT2D eigenvalue weighted by Crippen LogP contribution is 2.31. The number of carbonyl (C=O) groups excluding carboxylic acids is 1. The number of hydrogen-bond acceptors (Lipinski definition) is 3. The average Bonchev–Trinajstić information content (AvgIpc) is 3.10. The summed E-state index contributed by atoms with van der Waals surface area (Å²) in [6, 6.07) is 14.5. The summed E-state index contributed by atoms with van der Waals surface area (Å²) < 4.78 is 1.27. The molecule has 27 heavy (non-hydrogen) atoms. The van der Waals surface area contributed by atoms with E-state index in [0.29, 0.717) is 12.5 Å². The fourth-order valence-corrected chi connectivity index (χ4v) is 5.07. The Hall–Kier alpha value is -2.24. The molecule has 2 N–H and O–H groups in total. The summed E-state index contributed by atoms with van der Waals surface area (Å²) in [5.74, 6) is 0.647. The van der Waals surface area contributed by atoms with E-state index in [0.717, 1.165) is 48.3 Å². The molecule has 0 spiro atoms. The number of amides is 1. The van der Waals surface area contributed by atoms with Gasteiger partial charge in [0.15, 0.2) is 6.54 Å².